The number of hydrogen-bond acceptors (Lipinski definition) is 3. The highest BCUT2D eigenvalue weighted by Crippen LogP contribution is 2.27. The summed E-state index contributed by atoms with van der Waals surface area (Å²) in [5, 5.41) is 2.11. The van der Waals surface area contributed by atoms with Crippen LogP contribution in [0.4, 0.5) is 0 Å². The molecule has 2 nitrogen and oxygen atoms in total. The Morgan fingerprint density at radius 1 is 1.64 bits per heavy atom. The van der Waals surface area contributed by atoms with E-state index in [2.05, 4.69) is 27.4 Å². The number of halogens is 1. The second-order valence-corrected chi connectivity index (χ2v) is 5.54. The van der Waals surface area contributed by atoms with Crippen molar-refractivity contribution in [1.29, 1.82) is 0 Å². The lowest BCUT2D eigenvalue weighted by molar-refractivity contribution is 0.0425. The largest absolute Gasteiger partial charge is 0.381 e. The van der Waals surface area contributed by atoms with Gasteiger partial charge in [-0.2, -0.15) is 0 Å². The van der Waals surface area contributed by atoms with E-state index < -0.39 is 0 Å². The second-order valence-electron chi connectivity index (χ2n) is 3.68. The van der Waals surface area contributed by atoms with Crippen molar-refractivity contribution in [1.82, 2.24) is 0 Å². The van der Waals surface area contributed by atoms with Crippen molar-refractivity contribution in [3.63, 3.8) is 0 Å². The molecular formula is C10H14BrNOS. The first-order valence-electron chi connectivity index (χ1n) is 4.82. The van der Waals surface area contributed by atoms with Gasteiger partial charge in [0.15, 0.2) is 0 Å². The van der Waals surface area contributed by atoms with Gasteiger partial charge in [0.2, 0.25) is 0 Å². The van der Waals surface area contributed by atoms with Gasteiger partial charge in [0.1, 0.15) is 0 Å². The van der Waals surface area contributed by atoms with Crippen LogP contribution in [-0.2, 0) is 11.2 Å². The van der Waals surface area contributed by atoms with Crippen LogP contribution in [0.25, 0.3) is 0 Å². The highest BCUT2D eigenvalue weighted by atomic mass is 79.9. The molecular weight excluding hydrogens is 262 g/mol. The average Bonchev–Trinajstić information content (AvgIpc) is 2.56. The van der Waals surface area contributed by atoms with Crippen molar-refractivity contribution in [2.75, 3.05) is 13.2 Å². The minimum Gasteiger partial charge on any atom is -0.381 e. The van der Waals surface area contributed by atoms with Crippen LogP contribution in [0.1, 0.15) is 11.3 Å². The molecule has 1 saturated heterocycles. The Labute approximate surface area is 96.6 Å². The van der Waals surface area contributed by atoms with Gasteiger partial charge in [0.05, 0.1) is 6.61 Å². The molecule has 2 N–H and O–H groups in total. The van der Waals surface area contributed by atoms with Crippen molar-refractivity contribution in [2.24, 2.45) is 11.7 Å². The molecule has 2 rings (SSSR count). The molecule has 0 spiro atoms. The van der Waals surface area contributed by atoms with Crippen LogP contribution in [-0.4, -0.2) is 19.3 Å². The molecule has 4 heteroatoms. The summed E-state index contributed by atoms with van der Waals surface area (Å²) in [7, 11) is 0. The Balaban J connectivity index is 1.99. The van der Waals surface area contributed by atoms with E-state index in [-0.39, 0.29) is 0 Å². The van der Waals surface area contributed by atoms with Gasteiger partial charge in [-0.25, -0.2) is 0 Å². The molecule has 1 aromatic heterocycles. The number of rotatable bonds is 2. The normalized spacial score (nSPS) is 27.9. The predicted molar refractivity (Wildman–Crippen MR) is 62.6 cm³/mol. The van der Waals surface area contributed by atoms with Crippen molar-refractivity contribution in [3.8, 4) is 0 Å². The molecule has 0 radical (unpaired) electrons. The van der Waals surface area contributed by atoms with Crippen LogP contribution in [0.5, 0.6) is 0 Å². The maximum atomic E-state index is 6.05. The number of nitrogens with two attached hydrogens (primary N) is 1. The van der Waals surface area contributed by atoms with Crippen LogP contribution < -0.4 is 5.73 Å². The van der Waals surface area contributed by atoms with Crippen LogP contribution >= 0.6 is 27.3 Å². The molecule has 1 aromatic rings. The standard InChI is InChI=1S/C10H14BrNOS/c11-8-2-4-14-10(8)5-7-6-13-3-1-9(7)12/h2,4,7,9H,1,3,5-6,12H2. The second kappa shape index (κ2) is 4.75. The van der Waals surface area contributed by atoms with Crippen molar-refractivity contribution in [3.05, 3.63) is 20.8 Å². The Bertz CT molecular complexity index is 302. The van der Waals surface area contributed by atoms with Crippen LogP contribution in [0, 0.1) is 5.92 Å². The summed E-state index contributed by atoms with van der Waals surface area (Å²) in [6, 6.07) is 2.40. The quantitative estimate of drug-likeness (QED) is 0.900. The van der Waals surface area contributed by atoms with Crippen LogP contribution in [0.15, 0.2) is 15.9 Å². The lowest BCUT2D eigenvalue weighted by atomic mass is 9.93. The molecule has 1 fully saturated rings. The molecule has 14 heavy (non-hydrogen) atoms. The summed E-state index contributed by atoms with van der Waals surface area (Å²) in [6.07, 6.45) is 2.03. The van der Waals surface area contributed by atoms with E-state index in [0.29, 0.717) is 12.0 Å². The average molecular weight is 276 g/mol. The molecule has 2 unspecified atom stereocenters. The lowest BCUT2D eigenvalue weighted by Crippen LogP contribution is -2.39. The third kappa shape index (κ3) is 2.37. The molecule has 0 bridgehead atoms. The third-order valence-electron chi connectivity index (χ3n) is 2.67. The van der Waals surface area contributed by atoms with Crippen LogP contribution in [0.2, 0.25) is 0 Å². The van der Waals surface area contributed by atoms with Gasteiger partial charge in [-0.3, -0.25) is 0 Å². The van der Waals surface area contributed by atoms with Crippen molar-refractivity contribution in [2.45, 2.75) is 18.9 Å². The topological polar surface area (TPSA) is 35.2 Å². The summed E-state index contributed by atoms with van der Waals surface area (Å²) < 4.78 is 6.66. The zero-order valence-electron chi connectivity index (χ0n) is 7.91. The van der Waals surface area contributed by atoms with Gasteiger partial charge in [-0.05, 0) is 40.2 Å². The van der Waals surface area contributed by atoms with E-state index in [1.165, 1.54) is 9.35 Å². The van der Waals surface area contributed by atoms with Gasteiger partial charge >= 0.3 is 0 Å². The lowest BCUT2D eigenvalue weighted by Gasteiger charge is -2.28. The Kier molecular flexibility index (Phi) is 3.60. The highest BCUT2D eigenvalue weighted by Gasteiger charge is 2.23. The van der Waals surface area contributed by atoms with Gasteiger partial charge < -0.3 is 10.5 Å². The molecule has 1 aliphatic rings. The SMILES string of the molecule is NC1CCOCC1Cc1sccc1Br. The smallest absolute Gasteiger partial charge is 0.0512 e. The Morgan fingerprint density at radius 2 is 2.50 bits per heavy atom. The Morgan fingerprint density at radius 3 is 3.14 bits per heavy atom. The van der Waals surface area contributed by atoms with Gasteiger partial charge in [-0.1, -0.05) is 0 Å². The molecule has 1 aliphatic heterocycles. The van der Waals surface area contributed by atoms with E-state index in [1.54, 1.807) is 11.3 Å². The number of ether oxygens (including phenoxy) is 1. The molecule has 0 aromatic carbocycles. The van der Waals surface area contributed by atoms with E-state index >= 15 is 0 Å². The first-order valence-corrected chi connectivity index (χ1v) is 6.50. The minimum atomic E-state index is 0.303. The zero-order valence-corrected chi connectivity index (χ0v) is 10.3. The molecule has 0 amide bonds. The summed E-state index contributed by atoms with van der Waals surface area (Å²) in [6.45, 7) is 1.63. The maximum absolute atomic E-state index is 6.05. The summed E-state index contributed by atoms with van der Waals surface area (Å²) in [5.41, 5.74) is 6.05. The van der Waals surface area contributed by atoms with Gasteiger partial charge in [0.25, 0.3) is 0 Å². The van der Waals surface area contributed by atoms with E-state index in [9.17, 15) is 0 Å². The molecule has 2 atom stereocenters. The monoisotopic (exact) mass is 275 g/mol. The van der Waals surface area contributed by atoms with Gasteiger partial charge in [-0.15, -0.1) is 11.3 Å². The highest BCUT2D eigenvalue weighted by molar-refractivity contribution is 9.10. The summed E-state index contributed by atoms with van der Waals surface area (Å²) in [5.74, 6) is 0.485. The van der Waals surface area contributed by atoms with E-state index in [4.69, 9.17) is 10.5 Å². The fourth-order valence-electron chi connectivity index (χ4n) is 1.73. The first kappa shape index (κ1) is 10.6. The van der Waals surface area contributed by atoms with E-state index in [1.807, 2.05) is 0 Å². The summed E-state index contributed by atoms with van der Waals surface area (Å²) in [4.78, 5) is 1.39. The van der Waals surface area contributed by atoms with E-state index in [0.717, 1.165) is 26.1 Å². The Hall–Kier alpha value is 0.100. The molecule has 78 valence electrons. The fraction of sp³-hybridized carbons (Fsp3) is 0.600. The maximum Gasteiger partial charge on any atom is 0.0512 e. The van der Waals surface area contributed by atoms with Crippen LogP contribution in [0.3, 0.4) is 0 Å². The first-order chi connectivity index (χ1) is 6.77. The third-order valence-corrected chi connectivity index (χ3v) is 4.62. The number of hydrogen-bond donors (Lipinski definition) is 1. The zero-order chi connectivity index (χ0) is 9.97. The van der Waals surface area contributed by atoms with Gasteiger partial charge in [0, 0.05) is 27.9 Å². The molecule has 0 saturated carbocycles. The minimum absolute atomic E-state index is 0.303. The predicted octanol–water partition coefficient (Wildman–Crippen LogP) is 2.42. The summed E-state index contributed by atoms with van der Waals surface area (Å²) >= 11 is 5.33. The van der Waals surface area contributed by atoms with Crippen molar-refractivity contribution < 1.29 is 4.74 Å². The fourth-order valence-corrected chi connectivity index (χ4v) is 3.34. The number of thiophene rings is 1. The molecule has 0 aliphatic carbocycles. The van der Waals surface area contributed by atoms with Crippen molar-refractivity contribution >= 4 is 27.3 Å². The molecule has 2 heterocycles.